The lowest BCUT2D eigenvalue weighted by Crippen LogP contribution is -2.61. The average molecular weight is 301 g/mol. The van der Waals surface area contributed by atoms with Gasteiger partial charge >= 0.3 is 0 Å². The van der Waals surface area contributed by atoms with Crippen molar-refractivity contribution in [3.8, 4) is 0 Å². The van der Waals surface area contributed by atoms with Gasteiger partial charge in [-0.2, -0.15) is 0 Å². The SMILES string of the molecule is [2H]C(O)(C12CC3CC(CC(C3)C1)C2)C12CC3CC(CC(C3)C1)C2. The topological polar surface area (TPSA) is 20.2 Å². The van der Waals surface area contributed by atoms with Crippen molar-refractivity contribution in [1.29, 1.82) is 0 Å². The first-order valence-electron chi connectivity index (χ1n) is 10.7. The highest BCUT2D eigenvalue weighted by Crippen LogP contribution is 2.68. The monoisotopic (exact) mass is 301 g/mol. The van der Waals surface area contributed by atoms with E-state index < -0.39 is 6.08 Å². The van der Waals surface area contributed by atoms with Gasteiger partial charge in [0.2, 0.25) is 0 Å². The molecule has 0 aromatic heterocycles. The van der Waals surface area contributed by atoms with Crippen LogP contribution in [0, 0.1) is 46.3 Å². The number of rotatable bonds is 2. The van der Waals surface area contributed by atoms with E-state index in [1.165, 1.54) is 77.0 Å². The molecule has 0 radical (unpaired) electrons. The Morgan fingerprint density at radius 3 is 1.05 bits per heavy atom. The van der Waals surface area contributed by atoms with Crippen molar-refractivity contribution < 1.29 is 6.48 Å². The van der Waals surface area contributed by atoms with Crippen LogP contribution in [-0.2, 0) is 0 Å². The van der Waals surface area contributed by atoms with E-state index in [0.717, 1.165) is 35.5 Å². The number of aliphatic hydroxyl groups is 1. The standard InChI is InChI=1S/C21H32O/c22-19(20-7-13-1-14(8-20)3-15(2-13)9-20)21-10-16-4-17(11-21)6-18(5-16)12-21/h13-19,22H,1-12H2/i19D. The minimum Gasteiger partial charge on any atom is -0.392 e. The normalized spacial score (nSPS) is 64.7. The van der Waals surface area contributed by atoms with Gasteiger partial charge < -0.3 is 5.11 Å². The van der Waals surface area contributed by atoms with Crippen molar-refractivity contribution >= 4 is 0 Å². The molecule has 0 heterocycles. The lowest BCUT2D eigenvalue weighted by atomic mass is 9.41. The second-order valence-electron chi connectivity index (χ2n) is 10.7. The van der Waals surface area contributed by atoms with Gasteiger partial charge in [0.15, 0.2) is 0 Å². The molecule has 1 N–H and O–H groups in total. The van der Waals surface area contributed by atoms with Gasteiger partial charge in [-0.25, -0.2) is 0 Å². The molecule has 0 aromatic rings. The molecule has 0 unspecified atom stereocenters. The molecular weight excluding hydrogens is 268 g/mol. The van der Waals surface area contributed by atoms with E-state index in [4.69, 9.17) is 0 Å². The average Bonchev–Trinajstić information content (AvgIpc) is 2.44. The summed E-state index contributed by atoms with van der Waals surface area (Å²) in [4.78, 5) is 0. The summed E-state index contributed by atoms with van der Waals surface area (Å²) in [5.74, 6) is 5.04. The summed E-state index contributed by atoms with van der Waals surface area (Å²) < 4.78 is 9.44. The van der Waals surface area contributed by atoms with Crippen LogP contribution in [0.4, 0.5) is 0 Å². The predicted octanol–water partition coefficient (Wildman–Crippen LogP) is 4.78. The van der Waals surface area contributed by atoms with E-state index in [-0.39, 0.29) is 10.8 Å². The van der Waals surface area contributed by atoms with Crippen molar-refractivity contribution in [2.45, 2.75) is 83.1 Å². The molecule has 0 spiro atoms. The molecule has 8 bridgehead atoms. The van der Waals surface area contributed by atoms with Crippen molar-refractivity contribution in [3.63, 3.8) is 0 Å². The first-order chi connectivity index (χ1) is 11.0. The van der Waals surface area contributed by atoms with Gasteiger partial charge in [0, 0.05) is 0 Å². The highest BCUT2D eigenvalue weighted by Gasteiger charge is 2.62. The molecule has 8 saturated carbocycles. The maximum Gasteiger partial charge on any atom is 0.0653 e. The molecule has 0 aliphatic heterocycles. The van der Waals surface area contributed by atoms with E-state index in [1.807, 2.05) is 0 Å². The van der Waals surface area contributed by atoms with Crippen LogP contribution < -0.4 is 0 Å². The summed E-state index contributed by atoms with van der Waals surface area (Å²) in [6, 6.07) is 0. The molecule has 0 aromatic carbocycles. The summed E-state index contributed by atoms with van der Waals surface area (Å²) in [6.07, 6.45) is 14.4. The highest BCUT2D eigenvalue weighted by atomic mass is 16.3. The Hall–Kier alpha value is -0.0400. The van der Waals surface area contributed by atoms with Gasteiger partial charge in [-0.3, -0.25) is 0 Å². The molecule has 0 amide bonds. The summed E-state index contributed by atoms with van der Waals surface area (Å²) in [7, 11) is 0. The molecule has 1 nitrogen and oxygen atoms in total. The highest BCUT2D eigenvalue weighted by molar-refractivity contribution is 5.12. The zero-order valence-corrected chi connectivity index (χ0v) is 13.9. The minimum absolute atomic E-state index is 0.0343. The molecule has 8 aliphatic rings. The van der Waals surface area contributed by atoms with Gasteiger partial charge in [0.1, 0.15) is 0 Å². The molecule has 8 aliphatic carbocycles. The van der Waals surface area contributed by atoms with Crippen LogP contribution in [0.2, 0.25) is 0 Å². The predicted molar refractivity (Wildman–Crippen MR) is 87.2 cm³/mol. The fraction of sp³-hybridized carbons (Fsp3) is 1.00. The summed E-state index contributed by atoms with van der Waals surface area (Å²) in [5.41, 5.74) is -0.0686. The van der Waals surface area contributed by atoms with Crippen LogP contribution in [0.1, 0.15) is 78.4 Å². The fourth-order valence-electron chi connectivity index (χ4n) is 9.36. The Bertz CT molecular complexity index is 419. The van der Waals surface area contributed by atoms with Crippen LogP contribution in [0.25, 0.3) is 0 Å². The van der Waals surface area contributed by atoms with Crippen LogP contribution in [0.15, 0.2) is 0 Å². The van der Waals surface area contributed by atoms with Crippen molar-refractivity contribution in [1.82, 2.24) is 0 Å². The third-order valence-corrected chi connectivity index (χ3v) is 9.08. The minimum atomic E-state index is -1.13. The van der Waals surface area contributed by atoms with Crippen LogP contribution in [0.3, 0.4) is 0 Å². The molecular formula is C21H32O. The van der Waals surface area contributed by atoms with Crippen LogP contribution in [-0.4, -0.2) is 11.2 Å². The Morgan fingerprint density at radius 2 is 0.818 bits per heavy atom. The van der Waals surface area contributed by atoms with E-state index in [1.54, 1.807) is 0 Å². The summed E-state index contributed by atoms with van der Waals surface area (Å²) in [6.45, 7) is 0. The van der Waals surface area contributed by atoms with Gasteiger partial charge in [-0.1, -0.05) is 0 Å². The Balaban J connectivity index is 1.41. The van der Waals surface area contributed by atoms with Crippen LogP contribution >= 0.6 is 0 Å². The Labute approximate surface area is 136 Å². The zero-order chi connectivity index (χ0) is 15.4. The second-order valence-corrected chi connectivity index (χ2v) is 10.7. The largest absolute Gasteiger partial charge is 0.392 e. The van der Waals surface area contributed by atoms with E-state index >= 15 is 0 Å². The molecule has 0 saturated heterocycles. The van der Waals surface area contributed by atoms with Gasteiger partial charge in [0.05, 0.1) is 7.45 Å². The smallest absolute Gasteiger partial charge is 0.0653 e. The number of hydrogen-bond donors (Lipinski definition) is 1. The van der Waals surface area contributed by atoms with E-state index in [9.17, 15) is 6.48 Å². The zero-order valence-electron chi connectivity index (χ0n) is 14.9. The van der Waals surface area contributed by atoms with E-state index in [2.05, 4.69) is 0 Å². The van der Waals surface area contributed by atoms with Gasteiger partial charge in [-0.15, -0.1) is 0 Å². The lowest BCUT2D eigenvalue weighted by molar-refractivity contribution is -0.205. The molecule has 8 rings (SSSR count). The quantitative estimate of drug-likeness (QED) is 0.778. The maximum atomic E-state index is 11.9. The second kappa shape index (κ2) is 4.13. The van der Waals surface area contributed by atoms with Gasteiger partial charge in [0.25, 0.3) is 0 Å². The third-order valence-electron chi connectivity index (χ3n) is 9.08. The summed E-state index contributed by atoms with van der Waals surface area (Å²) >= 11 is 0. The molecule has 0 atom stereocenters. The molecule has 122 valence electrons. The fourth-order valence-corrected chi connectivity index (χ4v) is 9.36. The van der Waals surface area contributed by atoms with Crippen molar-refractivity contribution in [2.24, 2.45) is 46.3 Å². The Morgan fingerprint density at radius 1 is 0.591 bits per heavy atom. The molecule has 22 heavy (non-hydrogen) atoms. The first kappa shape index (κ1) is 12.3. The molecule has 8 fully saturated rings. The number of hydrogen-bond acceptors (Lipinski definition) is 1. The summed E-state index contributed by atoms with van der Waals surface area (Å²) in [5, 5.41) is 11.9. The van der Waals surface area contributed by atoms with Gasteiger partial charge in [-0.05, 0) is 123 Å². The van der Waals surface area contributed by atoms with Crippen LogP contribution in [0.5, 0.6) is 0 Å². The first-order valence-corrected chi connectivity index (χ1v) is 10.2. The lowest BCUT2D eigenvalue weighted by Gasteiger charge is -2.65. The Kier molecular flexibility index (Phi) is 2.32. The van der Waals surface area contributed by atoms with E-state index in [0.29, 0.717) is 0 Å². The van der Waals surface area contributed by atoms with Crippen molar-refractivity contribution in [3.05, 3.63) is 0 Å². The molecule has 1 heteroatoms. The third kappa shape index (κ3) is 1.65. The van der Waals surface area contributed by atoms with Crippen molar-refractivity contribution in [2.75, 3.05) is 0 Å². The maximum absolute atomic E-state index is 11.9.